The van der Waals surface area contributed by atoms with Gasteiger partial charge in [-0.3, -0.25) is 0 Å². The first-order valence-electron chi connectivity index (χ1n) is 5.56. The average molecular weight is 215 g/mol. The minimum absolute atomic E-state index is 0.319. The molecule has 1 atom stereocenters. The molecule has 0 aromatic carbocycles. The highest BCUT2D eigenvalue weighted by atomic mass is 16.6. The van der Waals surface area contributed by atoms with Gasteiger partial charge < -0.3 is 14.8 Å². The van der Waals surface area contributed by atoms with Gasteiger partial charge in [0.1, 0.15) is 5.60 Å². The third-order valence-electron chi connectivity index (χ3n) is 2.16. The number of hydrogen-bond acceptors (Lipinski definition) is 3. The molecule has 4 heteroatoms. The molecule has 15 heavy (non-hydrogen) atoms. The molecule has 0 aromatic heterocycles. The molecular formula is C11H21NO3. The number of alkyl carbamates (subject to hydrolysis) is 1. The summed E-state index contributed by atoms with van der Waals surface area (Å²) in [4.78, 5) is 11.3. The zero-order valence-corrected chi connectivity index (χ0v) is 9.84. The van der Waals surface area contributed by atoms with Crippen LogP contribution in [0.2, 0.25) is 0 Å². The van der Waals surface area contributed by atoms with Crippen molar-refractivity contribution in [1.82, 2.24) is 5.32 Å². The smallest absolute Gasteiger partial charge is 0.407 e. The Balaban J connectivity index is 2.06. The Labute approximate surface area is 91.3 Å². The molecule has 0 saturated carbocycles. The van der Waals surface area contributed by atoms with Crippen LogP contribution in [0.15, 0.2) is 0 Å². The molecule has 0 radical (unpaired) electrons. The van der Waals surface area contributed by atoms with Crippen molar-refractivity contribution in [1.29, 1.82) is 0 Å². The fourth-order valence-corrected chi connectivity index (χ4v) is 1.52. The lowest BCUT2D eigenvalue weighted by Gasteiger charge is -2.20. The molecule has 1 amide bonds. The van der Waals surface area contributed by atoms with Crippen LogP contribution in [0.5, 0.6) is 0 Å². The largest absolute Gasteiger partial charge is 0.444 e. The second-order valence-corrected chi connectivity index (χ2v) is 4.85. The molecule has 1 fully saturated rings. The molecule has 88 valence electrons. The van der Waals surface area contributed by atoms with Crippen LogP contribution >= 0.6 is 0 Å². The lowest BCUT2D eigenvalue weighted by Crippen LogP contribution is -2.33. The number of amides is 1. The Morgan fingerprint density at radius 1 is 1.53 bits per heavy atom. The summed E-state index contributed by atoms with van der Waals surface area (Å²) in [6.45, 7) is 7.04. The SMILES string of the molecule is CC(C)(C)OC(=O)NCCC1CCCO1. The fourth-order valence-electron chi connectivity index (χ4n) is 1.52. The van der Waals surface area contributed by atoms with Crippen LogP contribution in [-0.2, 0) is 9.47 Å². The van der Waals surface area contributed by atoms with Gasteiger partial charge in [0.15, 0.2) is 0 Å². The van der Waals surface area contributed by atoms with Crippen molar-refractivity contribution in [3.05, 3.63) is 0 Å². The number of nitrogens with one attached hydrogen (secondary N) is 1. The van der Waals surface area contributed by atoms with Crippen molar-refractivity contribution in [2.45, 2.75) is 51.7 Å². The van der Waals surface area contributed by atoms with Gasteiger partial charge in [-0.2, -0.15) is 0 Å². The molecule has 4 nitrogen and oxygen atoms in total. The molecule has 1 aliphatic rings. The van der Waals surface area contributed by atoms with E-state index < -0.39 is 5.60 Å². The standard InChI is InChI=1S/C11H21NO3/c1-11(2,3)15-10(13)12-7-6-9-5-4-8-14-9/h9H,4-8H2,1-3H3,(H,12,13). The van der Waals surface area contributed by atoms with E-state index in [1.165, 1.54) is 0 Å². The minimum Gasteiger partial charge on any atom is -0.444 e. The maximum absolute atomic E-state index is 11.3. The summed E-state index contributed by atoms with van der Waals surface area (Å²) in [7, 11) is 0. The van der Waals surface area contributed by atoms with Crippen LogP contribution in [0.1, 0.15) is 40.0 Å². The second kappa shape index (κ2) is 5.35. The van der Waals surface area contributed by atoms with E-state index in [4.69, 9.17) is 9.47 Å². The predicted molar refractivity (Wildman–Crippen MR) is 57.8 cm³/mol. The van der Waals surface area contributed by atoms with Gasteiger partial charge in [-0.05, 0) is 40.0 Å². The molecule has 0 spiro atoms. The Hall–Kier alpha value is -0.770. The minimum atomic E-state index is -0.423. The molecule has 1 saturated heterocycles. The van der Waals surface area contributed by atoms with Crippen LogP contribution in [0.3, 0.4) is 0 Å². The summed E-state index contributed by atoms with van der Waals surface area (Å²) in [5.41, 5.74) is -0.423. The molecule has 1 rings (SSSR count). The summed E-state index contributed by atoms with van der Waals surface area (Å²) in [6, 6.07) is 0. The van der Waals surface area contributed by atoms with E-state index in [2.05, 4.69) is 5.32 Å². The monoisotopic (exact) mass is 215 g/mol. The second-order valence-electron chi connectivity index (χ2n) is 4.85. The Bertz CT molecular complexity index is 204. The first-order valence-corrected chi connectivity index (χ1v) is 5.56. The Morgan fingerprint density at radius 3 is 2.80 bits per heavy atom. The Morgan fingerprint density at radius 2 is 2.27 bits per heavy atom. The zero-order chi connectivity index (χ0) is 11.3. The molecule has 0 bridgehead atoms. The van der Waals surface area contributed by atoms with Gasteiger partial charge in [-0.15, -0.1) is 0 Å². The number of carbonyl (C=O) groups is 1. The third-order valence-corrected chi connectivity index (χ3v) is 2.16. The molecule has 1 aliphatic heterocycles. The average Bonchev–Trinajstić information content (AvgIpc) is 2.53. The van der Waals surface area contributed by atoms with Crippen molar-refractivity contribution in [3.63, 3.8) is 0 Å². The van der Waals surface area contributed by atoms with E-state index in [0.717, 1.165) is 25.9 Å². The highest BCUT2D eigenvalue weighted by Crippen LogP contribution is 2.14. The molecule has 1 N–H and O–H groups in total. The molecule has 0 aliphatic carbocycles. The van der Waals surface area contributed by atoms with E-state index in [-0.39, 0.29) is 6.09 Å². The zero-order valence-electron chi connectivity index (χ0n) is 9.84. The Kier molecular flexibility index (Phi) is 4.39. The number of rotatable bonds is 3. The summed E-state index contributed by atoms with van der Waals surface area (Å²) in [5, 5.41) is 2.72. The van der Waals surface area contributed by atoms with Crippen molar-refractivity contribution >= 4 is 6.09 Å². The van der Waals surface area contributed by atoms with Crippen LogP contribution in [0, 0.1) is 0 Å². The van der Waals surface area contributed by atoms with Crippen molar-refractivity contribution in [3.8, 4) is 0 Å². The van der Waals surface area contributed by atoms with Crippen molar-refractivity contribution in [2.24, 2.45) is 0 Å². The quantitative estimate of drug-likeness (QED) is 0.784. The number of ether oxygens (including phenoxy) is 2. The van der Waals surface area contributed by atoms with E-state index in [1.54, 1.807) is 0 Å². The topological polar surface area (TPSA) is 47.6 Å². The van der Waals surface area contributed by atoms with Gasteiger partial charge in [-0.25, -0.2) is 4.79 Å². The highest BCUT2D eigenvalue weighted by molar-refractivity contribution is 5.67. The summed E-state index contributed by atoms with van der Waals surface area (Å²) >= 11 is 0. The van der Waals surface area contributed by atoms with Gasteiger partial charge in [0.05, 0.1) is 6.10 Å². The number of carbonyl (C=O) groups excluding carboxylic acids is 1. The van der Waals surface area contributed by atoms with E-state index >= 15 is 0 Å². The summed E-state index contributed by atoms with van der Waals surface area (Å²) < 4.78 is 10.6. The summed E-state index contributed by atoms with van der Waals surface area (Å²) in [6.07, 6.45) is 3.09. The van der Waals surface area contributed by atoms with Crippen LogP contribution in [-0.4, -0.2) is 30.9 Å². The first kappa shape index (κ1) is 12.3. The van der Waals surface area contributed by atoms with Crippen molar-refractivity contribution < 1.29 is 14.3 Å². The van der Waals surface area contributed by atoms with Gasteiger partial charge in [0.25, 0.3) is 0 Å². The predicted octanol–water partition coefficient (Wildman–Crippen LogP) is 2.08. The van der Waals surface area contributed by atoms with Crippen LogP contribution in [0.4, 0.5) is 4.79 Å². The van der Waals surface area contributed by atoms with Gasteiger partial charge >= 0.3 is 6.09 Å². The van der Waals surface area contributed by atoms with Crippen molar-refractivity contribution in [2.75, 3.05) is 13.2 Å². The fraction of sp³-hybridized carbons (Fsp3) is 0.909. The maximum Gasteiger partial charge on any atom is 0.407 e. The van der Waals surface area contributed by atoms with Gasteiger partial charge in [0.2, 0.25) is 0 Å². The third kappa shape index (κ3) is 5.62. The van der Waals surface area contributed by atoms with Crippen LogP contribution in [0.25, 0.3) is 0 Å². The maximum atomic E-state index is 11.3. The lowest BCUT2D eigenvalue weighted by atomic mass is 10.2. The van der Waals surface area contributed by atoms with E-state index in [0.29, 0.717) is 12.6 Å². The van der Waals surface area contributed by atoms with Crippen LogP contribution < -0.4 is 5.32 Å². The molecule has 1 unspecified atom stereocenters. The van der Waals surface area contributed by atoms with E-state index in [9.17, 15) is 4.79 Å². The lowest BCUT2D eigenvalue weighted by molar-refractivity contribution is 0.0510. The summed E-state index contributed by atoms with van der Waals surface area (Å²) in [5.74, 6) is 0. The normalized spacial score (nSPS) is 21.4. The first-order chi connectivity index (χ1) is 6.97. The van der Waals surface area contributed by atoms with Gasteiger partial charge in [0, 0.05) is 13.2 Å². The molecule has 0 aromatic rings. The molecule has 1 heterocycles. The number of hydrogen-bond donors (Lipinski definition) is 1. The molecular weight excluding hydrogens is 194 g/mol. The van der Waals surface area contributed by atoms with E-state index in [1.807, 2.05) is 20.8 Å². The highest BCUT2D eigenvalue weighted by Gasteiger charge is 2.18. The van der Waals surface area contributed by atoms with Gasteiger partial charge in [-0.1, -0.05) is 0 Å².